The van der Waals surface area contributed by atoms with Gasteiger partial charge in [-0.3, -0.25) is 4.79 Å². The molecule has 0 aromatic rings. The van der Waals surface area contributed by atoms with Crippen molar-refractivity contribution in [2.45, 2.75) is 6.42 Å². The largest absolute Gasteiger partial charge is 0.300 e. The molecule has 1 rings (SSSR count). The number of hydrogen-bond donors (Lipinski definition) is 1. The smallest absolute Gasteiger partial charge is 0.230 e. The Kier molecular flexibility index (Phi) is 3.66. The van der Waals surface area contributed by atoms with Crippen LogP contribution in [0.4, 0.5) is 0 Å². The summed E-state index contributed by atoms with van der Waals surface area (Å²) >= 11 is 1.48. The molecule has 0 aliphatic carbocycles. The molecule has 0 saturated carbocycles. The Morgan fingerprint density at radius 2 is 2.43 bits per heavy atom. The fourth-order valence-electron chi connectivity index (χ4n) is 0.326. The number of carbonyl (C=O) groups excluding carboxylic acids is 1. The van der Waals surface area contributed by atoms with Crippen molar-refractivity contribution in [2.24, 2.45) is 0 Å². The number of nitrogens with one attached hydrogen (secondary N) is 1. The van der Waals surface area contributed by atoms with E-state index in [0.717, 1.165) is 5.75 Å². The van der Waals surface area contributed by atoms with Crippen molar-refractivity contribution in [3.8, 4) is 0 Å². The minimum absolute atomic E-state index is 0. The predicted molar refractivity (Wildman–Crippen MR) is 25.2 cm³/mol. The number of amides is 1. The molecule has 4 heteroatoms. The molecule has 2 nitrogen and oxygen atoms in total. The molecule has 0 aromatic heterocycles. The number of carbonyl (C=O) groups is 1. The van der Waals surface area contributed by atoms with Crippen molar-refractivity contribution < 1.29 is 24.3 Å². The average Bonchev–Trinajstić information content (AvgIpc) is 1.86. The molecule has 0 radical (unpaired) electrons. The molecule has 0 spiro atoms. The molecule has 1 heterocycles. The third kappa shape index (κ3) is 2.30. The van der Waals surface area contributed by atoms with E-state index in [1.54, 1.807) is 0 Å². The van der Waals surface area contributed by atoms with Crippen LogP contribution in [0, 0.1) is 0 Å². The van der Waals surface area contributed by atoms with Gasteiger partial charge in [0.25, 0.3) is 0 Å². The molecular weight excluding hydrogens is 163 g/mol. The summed E-state index contributed by atoms with van der Waals surface area (Å²) < 4.78 is 2.60. The summed E-state index contributed by atoms with van der Waals surface area (Å²) in [6.07, 6.45) is 0.699. The van der Waals surface area contributed by atoms with Gasteiger partial charge in [-0.15, -0.1) is 0 Å². The Morgan fingerprint density at radius 1 is 1.71 bits per heavy atom. The zero-order valence-electron chi connectivity index (χ0n) is 3.94. The SMILES string of the molecule is O=C1CCSN1.[Zn]. The summed E-state index contributed by atoms with van der Waals surface area (Å²) in [5.41, 5.74) is 0. The molecule has 0 unspecified atom stereocenters. The van der Waals surface area contributed by atoms with E-state index in [1.165, 1.54) is 11.9 Å². The molecule has 0 aromatic carbocycles. The maximum atomic E-state index is 10.1. The van der Waals surface area contributed by atoms with Crippen molar-refractivity contribution in [3.63, 3.8) is 0 Å². The van der Waals surface area contributed by atoms with Crippen LogP contribution < -0.4 is 4.72 Å². The zero-order chi connectivity index (χ0) is 4.41. The van der Waals surface area contributed by atoms with Crippen molar-refractivity contribution in [1.29, 1.82) is 0 Å². The van der Waals surface area contributed by atoms with Gasteiger partial charge in [-0.25, -0.2) is 0 Å². The summed E-state index contributed by atoms with van der Waals surface area (Å²) in [6, 6.07) is 0. The Balaban J connectivity index is 0.000000360. The van der Waals surface area contributed by atoms with Crippen LogP contribution in [0.25, 0.3) is 0 Å². The van der Waals surface area contributed by atoms with Gasteiger partial charge < -0.3 is 4.72 Å². The van der Waals surface area contributed by atoms with Crippen LogP contribution >= 0.6 is 11.9 Å². The van der Waals surface area contributed by atoms with Crippen LogP contribution in [-0.4, -0.2) is 11.7 Å². The maximum absolute atomic E-state index is 10.1. The standard InChI is InChI=1S/C3H5NOS.Zn/c5-3-1-2-6-4-3;/h1-2H2,(H,4,5);. The molecular formula is C3H5NOSZn. The van der Waals surface area contributed by atoms with Gasteiger partial charge >= 0.3 is 0 Å². The molecule has 0 atom stereocenters. The minimum atomic E-state index is 0. The summed E-state index contributed by atoms with van der Waals surface area (Å²) in [7, 11) is 0. The van der Waals surface area contributed by atoms with Gasteiger partial charge in [0, 0.05) is 31.7 Å². The Hall–Kier alpha value is 0.443. The molecule has 1 N–H and O–H groups in total. The van der Waals surface area contributed by atoms with Gasteiger partial charge in [0.05, 0.1) is 0 Å². The van der Waals surface area contributed by atoms with Gasteiger partial charge in [0.2, 0.25) is 5.91 Å². The average molecular weight is 169 g/mol. The van der Waals surface area contributed by atoms with E-state index in [9.17, 15) is 4.79 Å². The first kappa shape index (κ1) is 7.44. The first-order chi connectivity index (χ1) is 2.89. The predicted octanol–water partition coefficient (Wildman–Crippen LogP) is 0.152. The van der Waals surface area contributed by atoms with Gasteiger partial charge in [-0.2, -0.15) is 0 Å². The molecule has 1 amide bonds. The molecule has 1 aliphatic rings. The van der Waals surface area contributed by atoms with Gasteiger partial charge in [0.15, 0.2) is 0 Å². The normalized spacial score (nSPS) is 18.0. The fraction of sp³-hybridized carbons (Fsp3) is 0.667. The van der Waals surface area contributed by atoms with E-state index in [0.29, 0.717) is 6.42 Å². The molecule has 7 heavy (non-hydrogen) atoms. The van der Waals surface area contributed by atoms with E-state index in [4.69, 9.17) is 0 Å². The van der Waals surface area contributed by atoms with E-state index < -0.39 is 0 Å². The number of hydrogen-bond acceptors (Lipinski definition) is 2. The van der Waals surface area contributed by atoms with Crippen molar-refractivity contribution in [2.75, 3.05) is 5.75 Å². The monoisotopic (exact) mass is 167 g/mol. The van der Waals surface area contributed by atoms with Crippen LogP contribution in [0.15, 0.2) is 0 Å². The van der Waals surface area contributed by atoms with Crippen molar-refractivity contribution in [3.05, 3.63) is 0 Å². The van der Waals surface area contributed by atoms with Crippen LogP contribution in [-0.2, 0) is 24.3 Å². The second-order valence-corrected chi connectivity index (χ2v) is 2.02. The van der Waals surface area contributed by atoms with Crippen LogP contribution in [0.2, 0.25) is 0 Å². The molecule has 1 saturated heterocycles. The van der Waals surface area contributed by atoms with Gasteiger partial charge in [0.1, 0.15) is 0 Å². The number of rotatable bonds is 0. The summed E-state index contributed by atoms with van der Waals surface area (Å²) in [6.45, 7) is 0. The quantitative estimate of drug-likeness (QED) is 0.412. The molecule has 1 aliphatic heterocycles. The van der Waals surface area contributed by atoms with E-state index in [2.05, 4.69) is 4.72 Å². The second kappa shape index (κ2) is 3.45. The summed E-state index contributed by atoms with van der Waals surface area (Å²) in [5, 5.41) is 0. The molecule has 36 valence electrons. The van der Waals surface area contributed by atoms with Crippen LogP contribution in [0.5, 0.6) is 0 Å². The molecule has 1 fully saturated rings. The molecule has 0 bridgehead atoms. The Labute approximate surface area is 59.3 Å². The van der Waals surface area contributed by atoms with E-state index in [-0.39, 0.29) is 25.4 Å². The van der Waals surface area contributed by atoms with Crippen molar-refractivity contribution >= 4 is 17.9 Å². The Morgan fingerprint density at radius 3 is 2.57 bits per heavy atom. The third-order valence-electron chi connectivity index (χ3n) is 0.617. The third-order valence-corrected chi connectivity index (χ3v) is 1.40. The summed E-state index contributed by atoms with van der Waals surface area (Å²) in [5.74, 6) is 1.11. The van der Waals surface area contributed by atoms with Crippen molar-refractivity contribution in [1.82, 2.24) is 4.72 Å². The maximum Gasteiger partial charge on any atom is 0.230 e. The second-order valence-electron chi connectivity index (χ2n) is 1.12. The zero-order valence-corrected chi connectivity index (χ0v) is 7.72. The van der Waals surface area contributed by atoms with E-state index in [1.807, 2.05) is 0 Å². The first-order valence-electron chi connectivity index (χ1n) is 1.80. The van der Waals surface area contributed by atoms with Gasteiger partial charge in [-0.05, 0) is 11.9 Å². The van der Waals surface area contributed by atoms with Crippen LogP contribution in [0.1, 0.15) is 6.42 Å². The Bertz CT molecular complexity index is 69.3. The minimum Gasteiger partial charge on any atom is -0.300 e. The first-order valence-corrected chi connectivity index (χ1v) is 2.79. The fourth-order valence-corrected chi connectivity index (χ4v) is 0.979. The van der Waals surface area contributed by atoms with Gasteiger partial charge in [-0.1, -0.05) is 0 Å². The summed E-state index contributed by atoms with van der Waals surface area (Å²) in [4.78, 5) is 10.1. The van der Waals surface area contributed by atoms with E-state index >= 15 is 0 Å². The topological polar surface area (TPSA) is 29.1 Å². The van der Waals surface area contributed by atoms with Crippen LogP contribution in [0.3, 0.4) is 0 Å².